The van der Waals surface area contributed by atoms with Crippen molar-refractivity contribution >= 4 is 0 Å². The SMILES string of the molecule is CCC1C2CNCC2CN1C(C)c1ccccc1F. The zero-order chi connectivity index (χ0) is 13.4. The molecule has 0 spiro atoms. The molecule has 0 radical (unpaired) electrons. The fraction of sp³-hybridized carbons (Fsp3) is 0.625. The number of rotatable bonds is 3. The lowest BCUT2D eigenvalue weighted by Gasteiger charge is -2.32. The average molecular weight is 262 g/mol. The molecule has 1 aromatic carbocycles. The molecule has 4 unspecified atom stereocenters. The molecule has 2 fully saturated rings. The van der Waals surface area contributed by atoms with Crippen molar-refractivity contribution in [1.82, 2.24) is 10.2 Å². The van der Waals surface area contributed by atoms with Crippen LogP contribution in [-0.4, -0.2) is 30.6 Å². The molecule has 2 saturated heterocycles. The van der Waals surface area contributed by atoms with Crippen LogP contribution in [0.2, 0.25) is 0 Å². The zero-order valence-electron chi connectivity index (χ0n) is 11.8. The van der Waals surface area contributed by atoms with Crippen molar-refractivity contribution in [3.05, 3.63) is 35.6 Å². The number of halogens is 1. The van der Waals surface area contributed by atoms with Crippen molar-refractivity contribution < 1.29 is 4.39 Å². The molecule has 1 N–H and O–H groups in total. The van der Waals surface area contributed by atoms with Crippen LogP contribution in [0.1, 0.15) is 31.9 Å². The lowest BCUT2D eigenvalue weighted by molar-refractivity contribution is 0.163. The summed E-state index contributed by atoms with van der Waals surface area (Å²) < 4.78 is 14.0. The van der Waals surface area contributed by atoms with Crippen molar-refractivity contribution in [2.45, 2.75) is 32.4 Å². The molecule has 3 heteroatoms. The minimum atomic E-state index is -0.0694. The Morgan fingerprint density at radius 3 is 2.89 bits per heavy atom. The normalized spacial score (nSPS) is 32.5. The fourth-order valence-electron chi connectivity index (χ4n) is 4.03. The molecule has 0 aliphatic carbocycles. The maximum atomic E-state index is 14.0. The van der Waals surface area contributed by atoms with E-state index in [2.05, 4.69) is 24.1 Å². The maximum absolute atomic E-state index is 14.0. The van der Waals surface area contributed by atoms with E-state index in [1.54, 1.807) is 12.1 Å². The predicted molar refractivity (Wildman–Crippen MR) is 75.4 cm³/mol. The molecule has 0 bridgehead atoms. The Bertz CT molecular complexity index is 448. The molecule has 104 valence electrons. The molecule has 2 aliphatic rings. The highest BCUT2D eigenvalue weighted by Gasteiger charge is 2.44. The van der Waals surface area contributed by atoms with Gasteiger partial charge in [0, 0.05) is 24.2 Å². The lowest BCUT2D eigenvalue weighted by atomic mass is 9.92. The van der Waals surface area contributed by atoms with Crippen molar-refractivity contribution in [1.29, 1.82) is 0 Å². The number of nitrogens with one attached hydrogen (secondary N) is 1. The van der Waals surface area contributed by atoms with Gasteiger partial charge >= 0.3 is 0 Å². The molecule has 2 heterocycles. The number of fused-ring (bicyclic) bond motifs is 1. The van der Waals surface area contributed by atoms with Gasteiger partial charge < -0.3 is 5.32 Å². The molecule has 2 aliphatic heterocycles. The molecule has 0 saturated carbocycles. The topological polar surface area (TPSA) is 15.3 Å². The highest BCUT2D eigenvalue weighted by atomic mass is 19.1. The Balaban J connectivity index is 1.84. The molecule has 3 rings (SSSR count). The summed E-state index contributed by atoms with van der Waals surface area (Å²) >= 11 is 0. The van der Waals surface area contributed by atoms with Crippen molar-refractivity contribution in [3.8, 4) is 0 Å². The molecule has 4 atom stereocenters. The van der Waals surface area contributed by atoms with E-state index in [0.717, 1.165) is 43.5 Å². The number of likely N-dealkylation sites (tertiary alicyclic amines) is 1. The van der Waals surface area contributed by atoms with Gasteiger partial charge in [-0.25, -0.2) is 4.39 Å². The lowest BCUT2D eigenvalue weighted by Crippen LogP contribution is -2.37. The highest BCUT2D eigenvalue weighted by Crippen LogP contribution is 2.39. The summed E-state index contributed by atoms with van der Waals surface area (Å²) in [5.74, 6) is 1.43. The fourth-order valence-corrected chi connectivity index (χ4v) is 4.03. The number of hydrogen-bond donors (Lipinski definition) is 1. The largest absolute Gasteiger partial charge is 0.316 e. The summed E-state index contributed by atoms with van der Waals surface area (Å²) in [5, 5.41) is 3.50. The van der Waals surface area contributed by atoms with Gasteiger partial charge in [0.25, 0.3) is 0 Å². The smallest absolute Gasteiger partial charge is 0.127 e. The first-order valence-corrected chi connectivity index (χ1v) is 7.43. The van der Waals surface area contributed by atoms with Crippen LogP contribution in [0.25, 0.3) is 0 Å². The van der Waals surface area contributed by atoms with E-state index < -0.39 is 0 Å². The molecular weight excluding hydrogens is 239 g/mol. The number of hydrogen-bond acceptors (Lipinski definition) is 2. The van der Waals surface area contributed by atoms with Crippen LogP contribution in [0.5, 0.6) is 0 Å². The standard InChI is InChI=1S/C16H23FN2/c1-3-16-14-9-18-8-12(14)10-19(16)11(2)13-6-4-5-7-15(13)17/h4-7,11-12,14,16,18H,3,8-10H2,1-2H3. The summed E-state index contributed by atoms with van der Waals surface area (Å²) in [6.45, 7) is 7.76. The average Bonchev–Trinajstić information content (AvgIpc) is 2.98. The molecular formula is C16H23FN2. The molecule has 1 aromatic rings. The van der Waals surface area contributed by atoms with Crippen LogP contribution in [0.15, 0.2) is 24.3 Å². The van der Waals surface area contributed by atoms with Gasteiger partial charge in [-0.05, 0) is 44.3 Å². The zero-order valence-corrected chi connectivity index (χ0v) is 11.8. The van der Waals surface area contributed by atoms with Gasteiger partial charge in [0.2, 0.25) is 0 Å². The van der Waals surface area contributed by atoms with E-state index in [-0.39, 0.29) is 11.9 Å². The first-order valence-electron chi connectivity index (χ1n) is 7.43. The maximum Gasteiger partial charge on any atom is 0.127 e. The predicted octanol–water partition coefficient (Wildman–Crippen LogP) is 2.82. The van der Waals surface area contributed by atoms with E-state index in [1.807, 2.05) is 12.1 Å². The highest BCUT2D eigenvalue weighted by molar-refractivity contribution is 5.21. The minimum absolute atomic E-state index is 0.0694. The quantitative estimate of drug-likeness (QED) is 0.901. The Hall–Kier alpha value is -0.930. The third kappa shape index (κ3) is 2.19. The van der Waals surface area contributed by atoms with Gasteiger partial charge in [-0.2, -0.15) is 0 Å². The van der Waals surface area contributed by atoms with Gasteiger partial charge in [-0.3, -0.25) is 4.90 Å². The van der Waals surface area contributed by atoms with Crippen molar-refractivity contribution in [2.75, 3.05) is 19.6 Å². The molecule has 19 heavy (non-hydrogen) atoms. The van der Waals surface area contributed by atoms with E-state index >= 15 is 0 Å². The second-order valence-electron chi connectivity index (χ2n) is 5.95. The monoisotopic (exact) mass is 262 g/mol. The Morgan fingerprint density at radius 2 is 2.16 bits per heavy atom. The third-order valence-corrected chi connectivity index (χ3v) is 5.03. The van der Waals surface area contributed by atoms with Gasteiger partial charge in [-0.15, -0.1) is 0 Å². The van der Waals surface area contributed by atoms with Crippen LogP contribution in [-0.2, 0) is 0 Å². The van der Waals surface area contributed by atoms with E-state index in [0.29, 0.717) is 6.04 Å². The van der Waals surface area contributed by atoms with E-state index in [9.17, 15) is 4.39 Å². The summed E-state index contributed by atoms with van der Waals surface area (Å²) in [6, 6.07) is 7.98. The van der Waals surface area contributed by atoms with Gasteiger partial charge in [0.05, 0.1) is 0 Å². The van der Waals surface area contributed by atoms with Crippen LogP contribution >= 0.6 is 0 Å². The molecule has 2 nitrogen and oxygen atoms in total. The second kappa shape index (κ2) is 5.22. The second-order valence-corrected chi connectivity index (χ2v) is 5.95. The van der Waals surface area contributed by atoms with Crippen molar-refractivity contribution in [2.24, 2.45) is 11.8 Å². The van der Waals surface area contributed by atoms with Gasteiger partial charge in [-0.1, -0.05) is 25.1 Å². The summed E-state index contributed by atoms with van der Waals surface area (Å²) in [5.41, 5.74) is 0.842. The molecule has 0 amide bonds. The summed E-state index contributed by atoms with van der Waals surface area (Å²) in [4.78, 5) is 2.52. The van der Waals surface area contributed by atoms with E-state index in [1.165, 1.54) is 0 Å². The van der Waals surface area contributed by atoms with Crippen LogP contribution in [0.4, 0.5) is 4.39 Å². The molecule has 0 aromatic heterocycles. The Kier molecular flexibility index (Phi) is 3.59. The van der Waals surface area contributed by atoms with Crippen LogP contribution in [0.3, 0.4) is 0 Å². The third-order valence-electron chi connectivity index (χ3n) is 5.03. The number of nitrogens with zero attached hydrogens (tertiary/aromatic N) is 1. The van der Waals surface area contributed by atoms with E-state index in [4.69, 9.17) is 0 Å². The van der Waals surface area contributed by atoms with Gasteiger partial charge in [0.15, 0.2) is 0 Å². The Labute approximate surface area is 115 Å². The first-order chi connectivity index (χ1) is 9.22. The Morgan fingerprint density at radius 1 is 1.37 bits per heavy atom. The summed E-state index contributed by atoms with van der Waals surface area (Å²) in [7, 11) is 0. The minimum Gasteiger partial charge on any atom is -0.316 e. The first kappa shape index (κ1) is 13.1. The van der Waals surface area contributed by atoms with Crippen LogP contribution in [0, 0.1) is 17.7 Å². The number of benzene rings is 1. The summed E-state index contributed by atoms with van der Waals surface area (Å²) in [6.07, 6.45) is 1.15. The van der Waals surface area contributed by atoms with Crippen LogP contribution < -0.4 is 5.32 Å². The van der Waals surface area contributed by atoms with Gasteiger partial charge in [0.1, 0.15) is 5.82 Å². The van der Waals surface area contributed by atoms with Crippen molar-refractivity contribution in [3.63, 3.8) is 0 Å².